The molecule has 0 saturated carbocycles. The van der Waals surface area contributed by atoms with E-state index in [9.17, 15) is 4.79 Å². The molecule has 2 aromatic rings. The van der Waals surface area contributed by atoms with Crippen LogP contribution in [0.25, 0.3) is 0 Å². The van der Waals surface area contributed by atoms with E-state index in [4.69, 9.17) is 0 Å². The molecular formula is C14H17N5OS2. The first-order valence-electron chi connectivity index (χ1n) is 7.06. The zero-order valence-electron chi connectivity index (χ0n) is 12.3. The van der Waals surface area contributed by atoms with Crippen molar-refractivity contribution in [1.29, 1.82) is 0 Å². The van der Waals surface area contributed by atoms with Crippen LogP contribution in [-0.2, 0) is 24.3 Å². The Balaban J connectivity index is 1.65. The number of allylic oxidation sites excluding steroid dienone is 1. The monoisotopic (exact) mass is 335 g/mol. The molecule has 6 nitrogen and oxygen atoms in total. The molecule has 1 atom stereocenters. The van der Waals surface area contributed by atoms with Gasteiger partial charge in [-0.1, -0.05) is 17.8 Å². The topological polar surface area (TPSA) is 63.9 Å². The molecule has 1 unspecified atom stereocenters. The predicted octanol–water partition coefficient (Wildman–Crippen LogP) is 1.99. The molecule has 2 aromatic heterocycles. The first-order valence-corrected chi connectivity index (χ1v) is 8.82. The third-order valence-corrected chi connectivity index (χ3v) is 5.63. The van der Waals surface area contributed by atoms with Crippen molar-refractivity contribution in [3.05, 3.63) is 34.5 Å². The summed E-state index contributed by atoms with van der Waals surface area (Å²) in [4.78, 5) is 16.0. The Morgan fingerprint density at radius 3 is 3.32 bits per heavy atom. The summed E-state index contributed by atoms with van der Waals surface area (Å²) < 4.78 is 1.65. The highest BCUT2D eigenvalue weighted by atomic mass is 32.2. The van der Waals surface area contributed by atoms with Gasteiger partial charge >= 0.3 is 0 Å². The fourth-order valence-electron chi connectivity index (χ4n) is 2.42. The van der Waals surface area contributed by atoms with Crippen LogP contribution in [-0.4, -0.2) is 42.8 Å². The summed E-state index contributed by atoms with van der Waals surface area (Å²) in [6.45, 7) is 7.62. The second kappa shape index (κ2) is 6.62. The van der Waals surface area contributed by atoms with Crippen molar-refractivity contribution in [1.82, 2.24) is 25.1 Å². The average molecular weight is 335 g/mol. The van der Waals surface area contributed by atoms with E-state index in [0.717, 1.165) is 13.0 Å². The Hall–Kier alpha value is -1.67. The van der Waals surface area contributed by atoms with Crippen molar-refractivity contribution in [3.63, 3.8) is 0 Å². The van der Waals surface area contributed by atoms with E-state index in [1.165, 1.54) is 22.2 Å². The van der Waals surface area contributed by atoms with Gasteiger partial charge in [0.1, 0.15) is 0 Å². The number of carbonyl (C=O) groups is 1. The van der Waals surface area contributed by atoms with Crippen LogP contribution in [0.2, 0.25) is 0 Å². The maximum Gasteiger partial charge on any atom is 0.236 e. The Morgan fingerprint density at radius 2 is 2.50 bits per heavy atom. The van der Waals surface area contributed by atoms with Gasteiger partial charge in [-0.05, 0) is 40.8 Å². The molecule has 1 aliphatic heterocycles. The Bertz CT molecular complexity index is 680. The highest BCUT2D eigenvalue weighted by Gasteiger charge is 2.27. The molecule has 0 fully saturated rings. The van der Waals surface area contributed by atoms with Crippen molar-refractivity contribution in [3.8, 4) is 0 Å². The quantitative estimate of drug-likeness (QED) is 0.617. The third-order valence-electron chi connectivity index (χ3n) is 3.55. The lowest BCUT2D eigenvalue weighted by Gasteiger charge is -2.29. The molecule has 0 spiro atoms. The molecule has 0 aromatic carbocycles. The van der Waals surface area contributed by atoms with Gasteiger partial charge in [0.05, 0.1) is 11.8 Å². The first-order chi connectivity index (χ1) is 10.7. The summed E-state index contributed by atoms with van der Waals surface area (Å²) in [6, 6.07) is 2.11. The standard InChI is InChI=1S/C14H17N5OS2/c1-3-6-19-14(15-16-17-19)22-10(2)13(20)18-7-4-12-11(9-18)5-8-21-12/h3,5,8,10H,1,4,6-7,9H2,2H3. The van der Waals surface area contributed by atoms with Crippen molar-refractivity contribution >= 4 is 29.0 Å². The zero-order chi connectivity index (χ0) is 15.5. The molecule has 0 N–H and O–H groups in total. The minimum Gasteiger partial charge on any atom is -0.337 e. The van der Waals surface area contributed by atoms with Crippen molar-refractivity contribution in [2.24, 2.45) is 0 Å². The van der Waals surface area contributed by atoms with E-state index in [1.807, 2.05) is 11.8 Å². The van der Waals surface area contributed by atoms with E-state index in [0.29, 0.717) is 18.2 Å². The number of tetrazole rings is 1. The van der Waals surface area contributed by atoms with Gasteiger partial charge in [0.2, 0.25) is 11.1 Å². The first kappa shape index (κ1) is 15.2. The van der Waals surface area contributed by atoms with Crippen molar-refractivity contribution < 1.29 is 4.79 Å². The molecule has 116 valence electrons. The van der Waals surface area contributed by atoms with Gasteiger partial charge < -0.3 is 4.90 Å². The number of rotatable bonds is 5. The molecule has 8 heteroatoms. The zero-order valence-corrected chi connectivity index (χ0v) is 13.9. The summed E-state index contributed by atoms with van der Waals surface area (Å²) in [5.74, 6) is 0.134. The number of hydrogen-bond acceptors (Lipinski definition) is 6. The second-order valence-corrected chi connectivity index (χ2v) is 7.38. The largest absolute Gasteiger partial charge is 0.337 e. The van der Waals surface area contributed by atoms with Gasteiger partial charge in [0.15, 0.2) is 0 Å². The summed E-state index contributed by atoms with van der Waals surface area (Å²) in [7, 11) is 0. The highest BCUT2D eigenvalue weighted by Crippen LogP contribution is 2.27. The lowest BCUT2D eigenvalue weighted by atomic mass is 10.1. The predicted molar refractivity (Wildman–Crippen MR) is 86.8 cm³/mol. The fraction of sp³-hybridized carbons (Fsp3) is 0.429. The Kier molecular flexibility index (Phi) is 4.58. The number of amides is 1. The van der Waals surface area contributed by atoms with Crippen LogP contribution in [0.3, 0.4) is 0 Å². The summed E-state index contributed by atoms with van der Waals surface area (Å²) in [6.07, 6.45) is 2.68. The van der Waals surface area contributed by atoms with Crippen LogP contribution < -0.4 is 0 Å². The van der Waals surface area contributed by atoms with Crippen LogP contribution >= 0.6 is 23.1 Å². The number of carbonyl (C=O) groups excluding carboxylic acids is 1. The van der Waals surface area contributed by atoms with E-state index < -0.39 is 0 Å². The molecule has 0 bridgehead atoms. The minimum absolute atomic E-state index is 0.134. The smallest absolute Gasteiger partial charge is 0.236 e. The summed E-state index contributed by atoms with van der Waals surface area (Å²) in [5.41, 5.74) is 1.28. The molecule has 1 aliphatic rings. The van der Waals surface area contributed by atoms with Crippen LogP contribution in [0.15, 0.2) is 29.3 Å². The molecule has 3 rings (SSSR count). The van der Waals surface area contributed by atoms with Gasteiger partial charge in [-0.3, -0.25) is 4.79 Å². The van der Waals surface area contributed by atoms with Crippen LogP contribution in [0.4, 0.5) is 0 Å². The molecule has 0 aliphatic carbocycles. The number of hydrogen-bond donors (Lipinski definition) is 0. The molecule has 22 heavy (non-hydrogen) atoms. The highest BCUT2D eigenvalue weighted by molar-refractivity contribution is 8.00. The van der Waals surface area contributed by atoms with Crippen molar-refractivity contribution in [2.45, 2.75) is 36.8 Å². The maximum absolute atomic E-state index is 12.6. The summed E-state index contributed by atoms with van der Waals surface area (Å²) >= 11 is 3.17. The van der Waals surface area contributed by atoms with E-state index in [2.05, 4.69) is 33.6 Å². The normalized spacial score (nSPS) is 15.4. The van der Waals surface area contributed by atoms with E-state index >= 15 is 0 Å². The number of nitrogens with zero attached hydrogens (tertiary/aromatic N) is 5. The minimum atomic E-state index is -0.213. The molecule has 3 heterocycles. The van der Waals surface area contributed by atoms with Crippen LogP contribution in [0.1, 0.15) is 17.4 Å². The Morgan fingerprint density at radius 1 is 1.64 bits per heavy atom. The van der Waals surface area contributed by atoms with Crippen LogP contribution in [0, 0.1) is 0 Å². The van der Waals surface area contributed by atoms with E-state index in [1.54, 1.807) is 22.1 Å². The van der Waals surface area contributed by atoms with Gasteiger partial charge in [0.25, 0.3) is 0 Å². The fourth-order valence-corrected chi connectivity index (χ4v) is 4.19. The summed E-state index contributed by atoms with van der Waals surface area (Å²) in [5, 5.41) is 14.1. The number of fused-ring (bicyclic) bond motifs is 1. The number of thioether (sulfide) groups is 1. The molecule has 1 amide bonds. The van der Waals surface area contributed by atoms with Gasteiger partial charge in [-0.2, -0.15) is 0 Å². The van der Waals surface area contributed by atoms with Crippen molar-refractivity contribution in [2.75, 3.05) is 6.54 Å². The van der Waals surface area contributed by atoms with E-state index in [-0.39, 0.29) is 11.2 Å². The molecule has 0 radical (unpaired) electrons. The second-order valence-electron chi connectivity index (χ2n) is 5.07. The lowest BCUT2D eigenvalue weighted by molar-refractivity contribution is -0.131. The average Bonchev–Trinajstić information content (AvgIpc) is 3.15. The van der Waals surface area contributed by atoms with Gasteiger partial charge in [0, 0.05) is 18.0 Å². The lowest BCUT2D eigenvalue weighted by Crippen LogP contribution is -2.39. The third kappa shape index (κ3) is 3.07. The maximum atomic E-state index is 12.6. The Labute approximate surface area is 137 Å². The van der Waals surface area contributed by atoms with Gasteiger partial charge in [-0.15, -0.1) is 23.0 Å². The van der Waals surface area contributed by atoms with Crippen LogP contribution in [0.5, 0.6) is 0 Å². The SMILES string of the molecule is C=CCn1nnnc1SC(C)C(=O)N1CCc2sccc2C1. The number of thiophene rings is 1. The molecule has 0 saturated heterocycles. The molecular weight excluding hydrogens is 318 g/mol. The number of aromatic nitrogens is 4. The van der Waals surface area contributed by atoms with Gasteiger partial charge in [-0.25, -0.2) is 4.68 Å².